The smallest absolute Gasteiger partial charge is 0.264 e. The normalized spacial score (nSPS) is 11.1. The van der Waals surface area contributed by atoms with Crippen LogP contribution in [0.5, 0.6) is 11.5 Å². The topological polar surface area (TPSA) is 55.4 Å². The first-order valence-corrected chi connectivity index (χ1v) is 8.73. The van der Waals surface area contributed by atoms with E-state index in [9.17, 15) is 17.2 Å². The SMILES string of the molecule is O=S(=O)(Nc1ccc(Oc2ccccc2)cc1)c1ccc(F)cc1F. The number of para-hydroxylation sites is 1. The highest BCUT2D eigenvalue weighted by atomic mass is 32.2. The van der Waals surface area contributed by atoms with Crippen LogP contribution in [0.25, 0.3) is 0 Å². The van der Waals surface area contributed by atoms with Crippen LogP contribution in [-0.4, -0.2) is 8.42 Å². The molecule has 3 rings (SSSR count). The molecule has 0 fully saturated rings. The molecule has 0 aliphatic rings. The molecule has 0 heterocycles. The first kappa shape index (κ1) is 16.9. The summed E-state index contributed by atoms with van der Waals surface area (Å²) in [5.74, 6) is -0.846. The van der Waals surface area contributed by atoms with Crippen molar-refractivity contribution in [2.24, 2.45) is 0 Å². The summed E-state index contributed by atoms with van der Waals surface area (Å²) in [5, 5.41) is 0. The van der Waals surface area contributed by atoms with Gasteiger partial charge in [0.2, 0.25) is 0 Å². The molecular formula is C18H13F2NO3S. The van der Waals surface area contributed by atoms with Gasteiger partial charge in [-0.3, -0.25) is 4.72 Å². The first-order chi connectivity index (χ1) is 11.9. The van der Waals surface area contributed by atoms with Gasteiger partial charge in [-0.15, -0.1) is 0 Å². The molecule has 4 nitrogen and oxygen atoms in total. The molecule has 25 heavy (non-hydrogen) atoms. The average molecular weight is 361 g/mol. The number of ether oxygens (including phenoxy) is 1. The molecule has 0 unspecified atom stereocenters. The predicted molar refractivity (Wildman–Crippen MR) is 90.1 cm³/mol. The minimum absolute atomic E-state index is 0.226. The fraction of sp³-hybridized carbons (Fsp3) is 0. The Morgan fingerprint density at radius 3 is 2.08 bits per heavy atom. The summed E-state index contributed by atoms with van der Waals surface area (Å²) in [4.78, 5) is -0.626. The van der Waals surface area contributed by atoms with Crippen molar-refractivity contribution in [2.45, 2.75) is 4.90 Å². The van der Waals surface area contributed by atoms with Gasteiger partial charge >= 0.3 is 0 Å². The molecule has 0 aromatic heterocycles. The maximum Gasteiger partial charge on any atom is 0.264 e. The molecule has 3 aromatic carbocycles. The number of nitrogens with one attached hydrogen (secondary N) is 1. The lowest BCUT2D eigenvalue weighted by atomic mass is 10.3. The Balaban J connectivity index is 1.76. The zero-order valence-electron chi connectivity index (χ0n) is 12.8. The molecule has 0 saturated carbocycles. The second kappa shape index (κ2) is 6.90. The Labute approximate surface area is 143 Å². The Hall–Kier alpha value is -2.93. The summed E-state index contributed by atoms with van der Waals surface area (Å²) in [6, 6.07) is 17.5. The molecular weight excluding hydrogens is 348 g/mol. The van der Waals surface area contributed by atoms with Gasteiger partial charge in [0.25, 0.3) is 10.0 Å². The number of rotatable bonds is 5. The van der Waals surface area contributed by atoms with E-state index in [-0.39, 0.29) is 5.69 Å². The Kier molecular flexibility index (Phi) is 4.67. The fourth-order valence-corrected chi connectivity index (χ4v) is 3.24. The monoisotopic (exact) mass is 361 g/mol. The lowest BCUT2D eigenvalue weighted by molar-refractivity contribution is 0.483. The highest BCUT2D eigenvalue weighted by Gasteiger charge is 2.19. The number of halogens is 2. The van der Waals surface area contributed by atoms with Gasteiger partial charge in [0, 0.05) is 11.8 Å². The summed E-state index contributed by atoms with van der Waals surface area (Å²) in [6.07, 6.45) is 0. The Bertz CT molecular complexity index is 975. The van der Waals surface area contributed by atoms with Crippen LogP contribution in [0.1, 0.15) is 0 Å². The Morgan fingerprint density at radius 1 is 0.800 bits per heavy atom. The quantitative estimate of drug-likeness (QED) is 0.725. The standard InChI is InChI=1S/C18H13F2NO3S/c19-13-6-11-18(17(20)12-13)25(22,23)21-14-7-9-16(10-8-14)24-15-4-2-1-3-5-15/h1-12,21H. The molecule has 0 atom stereocenters. The van der Waals surface area contributed by atoms with Crippen LogP contribution >= 0.6 is 0 Å². The van der Waals surface area contributed by atoms with Crippen LogP contribution in [0.3, 0.4) is 0 Å². The molecule has 0 aliphatic carbocycles. The van der Waals surface area contributed by atoms with Crippen LogP contribution in [0, 0.1) is 11.6 Å². The van der Waals surface area contributed by atoms with Crippen molar-refractivity contribution in [2.75, 3.05) is 4.72 Å². The minimum atomic E-state index is -4.16. The van der Waals surface area contributed by atoms with E-state index in [2.05, 4.69) is 4.72 Å². The van der Waals surface area contributed by atoms with Crippen molar-refractivity contribution < 1.29 is 21.9 Å². The van der Waals surface area contributed by atoms with Crippen molar-refractivity contribution in [1.82, 2.24) is 0 Å². The third kappa shape index (κ3) is 4.13. The second-order valence-electron chi connectivity index (χ2n) is 5.12. The van der Waals surface area contributed by atoms with Crippen molar-refractivity contribution >= 4 is 15.7 Å². The molecule has 3 aromatic rings. The van der Waals surface area contributed by atoms with Crippen LogP contribution in [0.15, 0.2) is 77.7 Å². The maximum absolute atomic E-state index is 13.7. The largest absolute Gasteiger partial charge is 0.457 e. The fourth-order valence-electron chi connectivity index (χ4n) is 2.12. The molecule has 7 heteroatoms. The third-order valence-corrected chi connectivity index (χ3v) is 4.68. The highest BCUT2D eigenvalue weighted by molar-refractivity contribution is 7.92. The molecule has 0 radical (unpaired) electrons. The third-order valence-electron chi connectivity index (χ3n) is 3.27. The van der Waals surface area contributed by atoms with E-state index in [1.165, 1.54) is 12.1 Å². The van der Waals surface area contributed by atoms with E-state index in [1.807, 2.05) is 18.2 Å². The van der Waals surface area contributed by atoms with Gasteiger partial charge in [-0.05, 0) is 48.5 Å². The van der Waals surface area contributed by atoms with Crippen molar-refractivity contribution in [3.05, 3.63) is 84.4 Å². The average Bonchev–Trinajstić information content (AvgIpc) is 2.57. The summed E-state index contributed by atoms with van der Waals surface area (Å²) in [5.41, 5.74) is 0.226. The van der Waals surface area contributed by atoms with E-state index < -0.39 is 26.6 Å². The van der Waals surface area contributed by atoms with Crippen molar-refractivity contribution in [3.8, 4) is 11.5 Å². The predicted octanol–water partition coefficient (Wildman–Crippen LogP) is 4.56. The van der Waals surface area contributed by atoms with Gasteiger partial charge in [-0.2, -0.15) is 0 Å². The van der Waals surface area contributed by atoms with Gasteiger partial charge in [0.1, 0.15) is 28.0 Å². The van der Waals surface area contributed by atoms with Crippen molar-refractivity contribution in [3.63, 3.8) is 0 Å². The summed E-state index contributed by atoms with van der Waals surface area (Å²) in [6.45, 7) is 0. The minimum Gasteiger partial charge on any atom is -0.457 e. The van der Waals surface area contributed by atoms with Gasteiger partial charge in [-0.1, -0.05) is 18.2 Å². The lowest BCUT2D eigenvalue weighted by Crippen LogP contribution is -2.14. The first-order valence-electron chi connectivity index (χ1n) is 7.25. The zero-order chi connectivity index (χ0) is 17.9. The summed E-state index contributed by atoms with van der Waals surface area (Å²) >= 11 is 0. The van der Waals surface area contributed by atoms with Crippen LogP contribution in [-0.2, 0) is 10.0 Å². The molecule has 0 saturated heterocycles. The maximum atomic E-state index is 13.7. The van der Waals surface area contributed by atoms with E-state index in [0.29, 0.717) is 17.6 Å². The van der Waals surface area contributed by atoms with E-state index in [4.69, 9.17) is 4.74 Å². The molecule has 0 spiro atoms. The second-order valence-corrected chi connectivity index (χ2v) is 6.77. The lowest BCUT2D eigenvalue weighted by Gasteiger charge is -2.10. The number of hydrogen-bond acceptors (Lipinski definition) is 3. The molecule has 0 bridgehead atoms. The molecule has 0 amide bonds. The van der Waals surface area contributed by atoms with Crippen LogP contribution in [0.2, 0.25) is 0 Å². The van der Waals surface area contributed by atoms with E-state index in [0.717, 1.165) is 12.1 Å². The summed E-state index contributed by atoms with van der Waals surface area (Å²) in [7, 11) is -4.16. The number of sulfonamides is 1. The highest BCUT2D eigenvalue weighted by Crippen LogP contribution is 2.24. The van der Waals surface area contributed by atoms with E-state index >= 15 is 0 Å². The summed E-state index contributed by atoms with van der Waals surface area (Å²) < 4.78 is 58.8. The van der Waals surface area contributed by atoms with Crippen LogP contribution in [0.4, 0.5) is 14.5 Å². The van der Waals surface area contributed by atoms with Gasteiger partial charge in [-0.25, -0.2) is 17.2 Å². The van der Waals surface area contributed by atoms with Crippen LogP contribution < -0.4 is 9.46 Å². The number of anilines is 1. The molecule has 1 N–H and O–H groups in total. The van der Waals surface area contributed by atoms with Gasteiger partial charge < -0.3 is 4.74 Å². The van der Waals surface area contributed by atoms with Gasteiger partial charge in [0.15, 0.2) is 0 Å². The van der Waals surface area contributed by atoms with Crippen molar-refractivity contribution in [1.29, 1.82) is 0 Å². The zero-order valence-corrected chi connectivity index (χ0v) is 13.6. The molecule has 0 aliphatic heterocycles. The van der Waals surface area contributed by atoms with Gasteiger partial charge in [0.05, 0.1) is 0 Å². The molecule has 128 valence electrons. The number of benzene rings is 3. The van der Waals surface area contributed by atoms with E-state index in [1.54, 1.807) is 24.3 Å². The number of hydrogen-bond donors (Lipinski definition) is 1. The Morgan fingerprint density at radius 2 is 1.44 bits per heavy atom.